The van der Waals surface area contributed by atoms with E-state index in [0.717, 1.165) is 4.47 Å². The van der Waals surface area contributed by atoms with Gasteiger partial charge in [0.2, 0.25) is 0 Å². The molecule has 88 valence electrons. The van der Waals surface area contributed by atoms with Crippen LogP contribution in [0.25, 0.3) is 5.69 Å². The van der Waals surface area contributed by atoms with E-state index in [2.05, 4.69) is 21.0 Å². The van der Waals surface area contributed by atoms with E-state index in [1.165, 1.54) is 10.7 Å². The van der Waals surface area contributed by atoms with Gasteiger partial charge in [0.15, 0.2) is 0 Å². The molecule has 1 aromatic heterocycles. The summed E-state index contributed by atoms with van der Waals surface area (Å²) in [5.41, 5.74) is 1.10. The number of nitro groups is 1. The van der Waals surface area contributed by atoms with Gasteiger partial charge in [-0.2, -0.15) is 5.10 Å². The molecule has 0 N–H and O–H groups in total. The largest absolute Gasteiger partial charge is 0.295 e. The van der Waals surface area contributed by atoms with Crippen molar-refractivity contribution in [3.05, 3.63) is 50.7 Å². The summed E-state index contributed by atoms with van der Waals surface area (Å²) < 4.78 is 2.20. The monoisotopic (exact) mass is 315 g/mol. The van der Waals surface area contributed by atoms with Crippen LogP contribution in [0.1, 0.15) is 5.56 Å². The van der Waals surface area contributed by atoms with Crippen molar-refractivity contribution < 1.29 is 4.92 Å². The van der Waals surface area contributed by atoms with Crippen LogP contribution >= 0.6 is 27.5 Å². The van der Waals surface area contributed by atoms with E-state index < -0.39 is 4.92 Å². The van der Waals surface area contributed by atoms with Gasteiger partial charge in [-0.25, -0.2) is 4.68 Å². The third-order valence-corrected chi connectivity index (χ3v) is 2.91. The molecule has 0 unspecified atom stereocenters. The van der Waals surface area contributed by atoms with Crippen LogP contribution in [0, 0.1) is 10.1 Å². The molecule has 1 aromatic carbocycles. The van der Waals surface area contributed by atoms with E-state index in [1.807, 2.05) is 0 Å². The van der Waals surface area contributed by atoms with Gasteiger partial charge < -0.3 is 0 Å². The van der Waals surface area contributed by atoms with Gasteiger partial charge in [0.25, 0.3) is 5.69 Å². The second-order valence-electron chi connectivity index (χ2n) is 3.32. The predicted octanol–water partition coefficient (Wildman–Crippen LogP) is 3.28. The number of hydrogen-bond acceptors (Lipinski definition) is 3. The summed E-state index contributed by atoms with van der Waals surface area (Å²) in [7, 11) is 0. The summed E-state index contributed by atoms with van der Waals surface area (Å²) in [6.07, 6.45) is 3.22. The lowest BCUT2D eigenvalue weighted by atomic mass is 10.2. The fourth-order valence-electron chi connectivity index (χ4n) is 1.42. The lowest BCUT2D eigenvalue weighted by molar-refractivity contribution is -0.384. The molecule has 0 amide bonds. The molecule has 7 heteroatoms. The smallest absolute Gasteiger partial charge is 0.258 e. The van der Waals surface area contributed by atoms with Crippen molar-refractivity contribution in [1.29, 1.82) is 0 Å². The van der Waals surface area contributed by atoms with Crippen LogP contribution in [0.2, 0.25) is 0 Å². The van der Waals surface area contributed by atoms with Gasteiger partial charge in [-0.05, 0) is 27.6 Å². The SMILES string of the molecule is O=[N+]([O-])c1cc(CCl)ccc1-n1cc(Br)cn1. The molecule has 0 aliphatic carbocycles. The first-order valence-electron chi connectivity index (χ1n) is 4.65. The molecular weight excluding hydrogens is 309 g/mol. The number of nitro benzene ring substituents is 1. The highest BCUT2D eigenvalue weighted by molar-refractivity contribution is 9.10. The van der Waals surface area contributed by atoms with Crippen LogP contribution in [-0.4, -0.2) is 14.7 Å². The van der Waals surface area contributed by atoms with Crippen LogP contribution in [0.4, 0.5) is 5.69 Å². The van der Waals surface area contributed by atoms with Crippen molar-refractivity contribution in [2.45, 2.75) is 5.88 Å². The Morgan fingerprint density at radius 1 is 1.53 bits per heavy atom. The van der Waals surface area contributed by atoms with Crippen LogP contribution in [0.15, 0.2) is 35.1 Å². The first-order valence-corrected chi connectivity index (χ1v) is 5.98. The molecule has 1 heterocycles. The van der Waals surface area contributed by atoms with Gasteiger partial charge in [0, 0.05) is 18.1 Å². The molecule has 0 aliphatic heterocycles. The van der Waals surface area contributed by atoms with Crippen molar-refractivity contribution in [2.24, 2.45) is 0 Å². The van der Waals surface area contributed by atoms with E-state index >= 15 is 0 Å². The van der Waals surface area contributed by atoms with Gasteiger partial charge in [0.1, 0.15) is 5.69 Å². The topological polar surface area (TPSA) is 61.0 Å². The van der Waals surface area contributed by atoms with Gasteiger partial charge >= 0.3 is 0 Å². The minimum Gasteiger partial charge on any atom is -0.258 e. The van der Waals surface area contributed by atoms with Crippen molar-refractivity contribution in [2.75, 3.05) is 0 Å². The number of alkyl halides is 1. The van der Waals surface area contributed by atoms with Gasteiger partial charge in [-0.15, -0.1) is 11.6 Å². The first-order chi connectivity index (χ1) is 8.11. The molecular formula is C10H7BrClN3O2. The highest BCUT2D eigenvalue weighted by atomic mass is 79.9. The maximum absolute atomic E-state index is 11.0. The van der Waals surface area contributed by atoms with E-state index in [0.29, 0.717) is 11.3 Å². The van der Waals surface area contributed by atoms with E-state index in [-0.39, 0.29) is 11.6 Å². The minimum absolute atomic E-state index is 0.0150. The lowest BCUT2D eigenvalue weighted by Crippen LogP contribution is -2.01. The second kappa shape index (κ2) is 4.85. The highest BCUT2D eigenvalue weighted by Crippen LogP contribution is 2.25. The molecule has 0 radical (unpaired) electrons. The molecule has 0 atom stereocenters. The fourth-order valence-corrected chi connectivity index (χ4v) is 1.88. The van der Waals surface area contributed by atoms with Gasteiger partial charge in [0.05, 0.1) is 15.6 Å². The third-order valence-electron chi connectivity index (χ3n) is 2.19. The zero-order valence-corrected chi connectivity index (χ0v) is 10.8. The van der Waals surface area contributed by atoms with Crippen LogP contribution in [0.5, 0.6) is 0 Å². The Kier molecular flexibility index (Phi) is 3.44. The zero-order valence-electron chi connectivity index (χ0n) is 8.51. The summed E-state index contributed by atoms with van der Waals surface area (Å²) in [5.74, 6) is 0.240. The Morgan fingerprint density at radius 3 is 2.82 bits per heavy atom. The maximum Gasteiger partial charge on any atom is 0.295 e. The van der Waals surface area contributed by atoms with E-state index in [1.54, 1.807) is 24.5 Å². The molecule has 17 heavy (non-hydrogen) atoms. The maximum atomic E-state index is 11.0. The third kappa shape index (κ3) is 2.48. The predicted molar refractivity (Wildman–Crippen MR) is 67.5 cm³/mol. The molecule has 0 saturated heterocycles. The normalized spacial score (nSPS) is 10.5. The standard InChI is InChI=1S/C10H7BrClN3O2/c11-8-5-13-14(6-8)9-2-1-7(4-12)3-10(9)15(16)17/h1-3,5-6H,4H2. The average molecular weight is 317 g/mol. The van der Waals surface area contributed by atoms with E-state index in [9.17, 15) is 10.1 Å². The Balaban J connectivity index is 2.57. The number of aromatic nitrogens is 2. The van der Waals surface area contributed by atoms with Gasteiger partial charge in [-0.1, -0.05) is 6.07 Å². The van der Waals surface area contributed by atoms with Crippen molar-refractivity contribution in [3.63, 3.8) is 0 Å². The zero-order chi connectivity index (χ0) is 12.4. The second-order valence-corrected chi connectivity index (χ2v) is 4.50. The molecule has 2 rings (SSSR count). The van der Waals surface area contributed by atoms with Crippen molar-refractivity contribution >= 4 is 33.2 Å². The lowest BCUT2D eigenvalue weighted by Gasteiger charge is -2.04. The summed E-state index contributed by atoms with van der Waals surface area (Å²) in [5, 5.41) is 15.0. The quantitative estimate of drug-likeness (QED) is 0.496. The minimum atomic E-state index is -0.443. The van der Waals surface area contributed by atoms with Crippen LogP contribution in [0.3, 0.4) is 0 Å². The average Bonchev–Trinajstić information content (AvgIpc) is 2.75. The van der Waals surface area contributed by atoms with Crippen LogP contribution < -0.4 is 0 Å². The summed E-state index contributed by atoms with van der Waals surface area (Å²) in [4.78, 5) is 10.5. The molecule has 2 aromatic rings. The Morgan fingerprint density at radius 2 is 2.29 bits per heavy atom. The fraction of sp³-hybridized carbons (Fsp3) is 0.100. The number of hydrogen-bond donors (Lipinski definition) is 0. The van der Waals surface area contributed by atoms with Gasteiger partial charge in [-0.3, -0.25) is 10.1 Å². The number of nitrogens with zero attached hydrogens (tertiary/aromatic N) is 3. The summed E-state index contributed by atoms with van der Waals surface area (Å²) in [6, 6.07) is 4.83. The molecule has 0 aliphatic rings. The highest BCUT2D eigenvalue weighted by Gasteiger charge is 2.16. The first kappa shape index (κ1) is 12.1. The molecule has 5 nitrogen and oxygen atoms in total. The number of rotatable bonds is 3. The van der Waals surface area contributed by atoms with Crippen molar-refractivity contribution in [3.8, 4) is 5.69 Å². The summed E-state index contributed by atoms with van der Waals surface area (Å²) >= 11 is 8.90. The van der Waals surface area contributed by atoms with E-state index in [4.69, 9.17) is 11.6 Å². The number of benzene rings is 1. The summed E-state index contributed by atoms with van der Waals surface area (Å²) in [6.45, 7) is 0. The van der Waals surface area contributed by atoms with Crippen molar-refractivity contribution in [1.82, 2.24) is 9.78 Å². The molecule has 0 saturated carbocycles. The number of halogens is 2. The Labute approximate surface area is 110 Å². The molecule has 0 fully saturated rings. The Bertz CT molecular complexity index is 570. The van der Waals surface area contributed by atoms with Crippen LogP contribution in [-0.2, 0) is 5.88 Å². The molecule has 0 bridgehead atoms. The Hall–Kier alpha value is -1.40. The molecule has 0 spiro atoms.